The molecular formula is C11H15ClFNO2. The van der Waals surface area contributed by atoms with Gasteiger partial charge in [-0.05, 0) is 12.5 Å². The molecule has 0 saturated heterocycles. The third-order valence-electron chi connectivity index (χ3n) is 2.16. The van der Waals surface area contributed by atoms with E-state index in [-0.39, 0.29) is 18.2 Å². The molecule has 0 saturated carbocycles. The van der Waals surface area contributed by atoms with Crippen molar-refractivity contribution in [2.45, 2.75) is 12.5 Å². The van der Waals surface area contributed by atoms with Gasteiger partial charge in [0.1, 0.15) is 5.82 Å². The second-order valence-electron chi connectivity index (χ2n) is 3.32. The fraction of sp³-hybridized carbons (Fsp3) is 0.455. The molecule has 16 heavy (non-hydrogen) atoms. The Bertz CT molecular complexity index is 336. The first-order valence-corrected chi connectivity index (χ1v) is 5.45. The molecule has 0 fully saturated rings. The summed E-state index contributed by atoms with van der Waals surface area (Å²) in [7, 11) is 0. The average Bonchev–Trinajstić information content (AvgIpc) is 2.29. The Kier molecular flexibility index (Phi) is 5.69. The maximum Gasteiger partial charge on any atom is 0.147 e. The van der Waals surface area contributed by atoms with Crippen LogP contribution in [0.4, 0.5) is 4.39 Å². The normalized spacial score (nSPS) is 12.8. The fourth-order valence-corrected chi connectivity index (χ4v) is 1.53. The van der Waals surface area contributed by atoms with E-state index in [1.807, 2.05) is 0 Å². The summed E-state index contributed by atoms with van der Waals surface area (Å²) in [5.41, 5.74) is 5.86. The van der Waals surface area contributed by atoms with Crippen molar-refractivity contribution in [1.29, 1.82) is 0 Å². The number of halogens is 2. The molecule has 0 aliphatic heterocycles. The fourth-order valence-electron chi connectivity index (χ4n) is 1.34. The van der Waals surface area contributed by atoms with Crippen molar-refractivity contribution in [3.05, 3.63) is 34.6 Å². The van der Waals surface area contributed by atoms with Crippen LogP contribution in [0.15, 0.2) is 18.2 Å². The Labute approximate surface area is 99.0 Å². The van der Waals surface area contributed by atoms with E-state index in [1.54, 1.807) is 12.1 Å². The molecular weight excluding hydrogens is 233 g/mol. The Hall–Kier alpha value is -0.680. The molecule has 0 amide bonds. The Balaban J connectivity index is 2.74. The smallest absolute Gasteiger partial charge is 0.147 e. The summed E-state index contributed by atoms with van der Waals surface area (Å²) >= 11 is 5.66. The third kappa shape index (κ3) is 3.42. The molecule has 0 aliphatic rings. The van der Waals surface area contributed by atoms with Gasteiger partial charge in [0, 0.05) is 25.3 Å². The number of nitrogens with two attached hydrogens (primary N) is 1. The molecule has 1 aromatic carbocycles. The Morgan fingerprint density at radius 3 is 2.88 bits per heavy atom. The summed E-state index contributed by atoms with van der Waals surface area (Å²) in [6.07, 6.45) is -0.0242. The molecule has 1 atom stereocenters. The molecule has 0 bridgehead atoms. The van der Waals surface area contributed by atoms with Gasteiger partial charge in [0.15, 0.2) is 0 Å². The molecule has 0 aromatic heterocycles. The van der Waals surface area contributed by atoms with E-state index in [0.29, 0.717) is 18.6 Å². The minimum Gasteiger partial charge on any atom is -0.396 e. The second-order valence-corrected chi connectivity index (χ2v) is 3.72. The van der Waals surface area contributed by atoms with Crippen LogP contribution in [0, 0.1) is 5.82 Å². The summed E-state index contributed by atoms with van der Waals surface area (Å²) in [6, 6.07) is 4.72. The van der Waals surface area contributed by atoms with Crippen LogP contribution in [0.25, 0.3) is 0 Å². The van der Waals surface area contributed by atoms with E-state index < -0.39 is 11.9 Å². The van der Waals surface area contributed by atoms with Crippen molar-refractivity contribution in [2.24, 2.45) is 5.73 Å². The van der Waals surface area contributed by atoms with E-state index in [0.717, 1.165) is 0 Å². The number of hydrogen-bond donors (Lipinski definition) is 2. The molecule has 5 heteroatoms. The maximum absolute atomic E-state index is 13.6. The van der Waals surface area contributed by atoms with Crippen LogP contribution in [-0.2, 0) is 4.74 Å². The average molecular weight is 248 g/mol. The predicted molar refractivity (Wildman–Crippen MR) is 60.9 cm³/mol. The quantitative estimate of drug-likeness (QED) is 0.755. The third-order valence-corrected chi connectivity index (χ3v) is 2.46. The molecule has 90 valence electrons. The van der Waals surface area contributed by atoms with Crippen molar-refractivity contribution >= 4 is 11.6 Å². The maximum atomic E-state index is 13.6. The van der Waals surface area contributed by atoms with Crippen molar-refractivity contribution in [2.75, 3.05) is 19.8 Å². The lowest BCUT2D eigenvalue weighted by Gasteiger charge is -2.17. The van der Waals surface area contributed by atoms with Gasteiger partial charge in [-0.25, -0.2) is 4.39 Å². The number of aliphatic hydroxyl groups is 1. The molecule has 0 aliphatic carbocycles. The Morgan fingerprint density at radius 2 is 2.25 bits per heavy atom. The van der Waals surface area contributed by atoms with Gasteiger partial charge in [0.25, 0.3) is 0 Å². The standard InChI is InChI=1S/C11H15ClFNO2/c12-9-4-1-3-8(11(9)13)10(7-14)16-6-2-5-15/h1,3-4,10,15H,2,5-7,14H2. The minimum atomic E-state index is -0.523. The first kappa shape index (κ1) is 13.4. The van der Waals surface area contributed by atoms with Gasteiger partial charge in [-0.1, -0.05) is 23.7 Å². The second kappa shape index (κ2) is 6.81. The summed E-state index contributed by atoms with van der Waals surface area (Å²) in [6.45, 7) is 0.544. The van der Waals surface area contributed by atoms with Crippen LogP contribution in [0.2, 0.25) is 5.02 Å². The van der Waals surface area contributed by atoms with Crippen molar-refractivity contribution in [1.82, 2.24) is 0 Å². The summed E-state index contributed by atoms with van der Waals surface area (Å²) in [5.74, 6) is -0.497. The molecule has 0 heterocycles. The predicted octanol–water partition coefficient (Wildman–Crippen LogP) is 1.88. The summed E-state index contributed by atoms with van der Waals surface area (Å²) in [4.78, 5) is 0. The van der Waals surface area contributed by atoms with Crippen LogP contribution in [0.1, 0.15) is 18.1 Å². The van der Waals surface area contributed by atoms with Crippen molar-refractivity contribution < 1.29 is 14.2 Å². The van der Waals surface area contributed by atoms with E-state index in [2.05, 4.69) is 0 Å². The molecule has 3 nitrogen and oxygen atoms in total. The van der Waals surface area contributed by atoms with Gasteiger partial charge in [-0.15, -0.1) is 0 Å². The summed E-state index contributed by atoms with van der Waals surface area (Å²) in [5, 5.41) is 8.67. The summed E-state index contributed by atoms with van der Waals surface area (Å²) < 4.78 is 19.0. The van der Waals surface area contributed by atoms with Crippen molar-refractivity contribution in [3.63, 3.8) is 0 Å². The van der Waals surface area contributed by atoms with Crippen LogP contribution < -0.4 is 5.73 Å². The highest BCUT2D eigenvalue weighted by atomic mass is 35.5. The zero-order chi connectivity index (χ0) is 12.0. The monoisotopic (exact) mass is 247 g/mol. The highest BCUT2D eigenvalue weighted by molar-refractivity contribution is 6.30. The van der Waals surface area contributed by atoms with Gasteiger partial charge < -0.3 is 15.6 Å². The van der Waals surface area contributed by atoms with E-state index in [1.165, 1.54) is 6.07 Å². The highest BCUT2D eigenvalue weighted by Gasteiger charge is 2.16. The number of ether oxygens (including phenoxy) is 1. The lowest BCUT2D eigenvalue weighted by atomic mass is 10.1. The molecule has 1 rings (SSSR count). The molecule has 1 unspecified atom stereocenters. The molecule has 1 aromatic rings. The van der Waals surface area contributed by atoms with Crippen LogP contribution in [0.5, 0.6) is 0 Å². The SMILES string of the molecule is NCC(OCCCO)c1cccc(Cl)c1F. The molecule has 0 radical (unpaired) electrons. The van der Waals surface area contributed by atoms with Gasteiger partial charge in [0.2, 0.25) is 0 Å². The van der Waals surface area contributed by atoms with E-state index >= 15 is 0 Å². The number of aliphatic hydroxyl groups excluding tert-OH is 1. The molecule has 0 spiro atoms. The van der Waals surface area contributed by atoms with Gasteiger partial charge >= 0.3 is 0 Å². The van der Waals surface area contributed by atoms with Crippen LogP contribution in [-0.4, -0.2) is 24.9 Å². The minimum absolute atomic E-state index is 0.0370. The lowest BCUT2D eigenvalue weighted by Crippen LogP contribution is -2.18. The number of benzene rings is 1. The highest BCUT2D eigenvalue weighted by Crippen LogP contribution is 2.25. The first-order chi connectivity index (χ1) is 7.70. The lowest BCUT2D eigenvalue weighted by molar-refractivity contribution is 0.0467. The number of rotatable bonds is 6. The molecule has 3 N–H and O–H groups in total. The Morgan fingerprint density at radius 1 is 1.50 bits per heavy atom. The van der Waals surface area contributed by atoms with Crippen LogP contribution in [0.3, 0.4) is 0 Å². The van der Waals surface area contributed by atoms with Crippen molar-refractivity contribution in [3.8, 4) is 0 Å². The van der Waals surface area contributed by atoms with Crippen LogP contribution >= 0.6 is 11.6 Å². The number of hydrogen-bond acceptors (Lipinski definition) is 3. The zero-order valence-electron chi connectivity index (χ0n) is 8.83. The van der Waals surface area contributed by atoms with Gasteiger partial charge in [0.05, 0.1) is 11.1 Å². The van der Waals surface area contributed by atoms with Gasteiger partial charge in [-0.3, -0.25) is 0 Å². The van der Waals surface area contributed by atoms with E-state index in [4.69, 9.17) is 27.2 Å². The van der Waals surface area contributed by atoms with E-state index in [9.17, 15) is 4.39 Å². The van der Waals surface area contributed by atoms with Gasteiger partial charge in [-0.2, -0.15) is 0 Å². The first-order valence-electron chi connectivity index (χ1n) is 5.07. The largest absolute Gasteiger partial charge is 0.396 e. The zero-order valence-corrected chi connectivity index (χ0v) is 9.58. The topological polar surface area (TPSA) is 55.5 Å².